The standard InChI is InChI=1S/C14H24N2O2S2/c1-8(13-9(2)15(6-19)17-11(13)4)14-10(3)16(7-20)18-12(14)5/h8-10,19-20H,6-7H2,1-5H3. The van der Waals surface area contributed by atoms with E-state index >= 15 is 0 Å². The Morgan fingerprint density at radius 3 is 1.55 bits per heavy atom. The highest BCUT2D eigenvalue weighted by molar-refractivity contribution is 7.80. The zero-order valence-corrected chi connectivity index (χ0v) is 14.5. The minimum atomic E-state index is 0.236. The molecule has 0 radical (unpaired) electrons. The van der Waals surface area contributed by atoms with E-state index in [0.29, 0.717) is 11.8 Å². The van der Waals surface area contributed by atoms with Gasteiger partial charge in [-0.3, -0.25) is 0 Å². The fourth-order valence-corrected chi connectivity index (χ4v) is 3.92. The summed E-state index contributed by atoms with van der Waals surface area (Å²) < 4.78 is 0. The lowest BCUT2D eigenvalue weighted by Gasteiger charge is -2.25. The Balaban J connectivity index is 2.26. The van der Waals surface area contributed by atoms with E-state index in [2.05, 4.69) is 46.0 Å². The first-order valence-electron chi connectivity index (χ1n) is 6.94. The molecule has 2 atom stereocenters. The number of hydroxylamine groups is 4. The molecule has 0 N–H and O–H groups in total. The van der Waals surface area contributed by atoms with E-state index in [4.69, 9.17) is 9.68 Å². The van der Waals surface area contributed by atoms with Crippen molar-refractivity contribution in [3.63, 3.8) is 0 Å². The van der Waals surface area contributed by atoms with Gasteiger partial charge in [0.05, 0.1) is 23.8 Å². The summed E-state index contributed by atoms with van der Waals surface area (Å²) in [5, 5.41) is 3.80. The molecule has 6 heteroatoms. The third-order valence-electron chi connectivity index (χ3n) is 4.30. The third kappa shape index (κ3) is 2.58. The molecule has 0 aliphatic carbocycles. The van der Waals surface area contributed by atoms with Gasteiger partial charge in [-0.15, -0.1) is 10.1 Å². The van der Waals surface area contributed by atoms with Crippen molar-refractivity contribution in [2.45, 2.75) is 46.7 Å². The average molecular weight is 316 g/mol. The molecule has 0 saturated heterocycles. The highest BCUT2D eigenvalue weighted by atomic mass is 32.1. The predicted octanol–water partition coefficient (Wildman–Crippen LogP) is 3.22. The van der Waals surface area contributed by atoms with Crippen molar-refractivity contribution >= 4 is 25.3 Å². The van der Waals surface area contributed by atoms with Crippen molar-refractivity contribution in [1.82, 2.24) is 10.1 Å². The van der Waals surface area contributed by atoms with E-state index in [9.17, 15) is 0 Å². The Labute approximate surface area is 132 Å². The zero-order valence-electron chi connectivity index (χ0n) is 12.8. The molecule has 2 aliphatic heterocycles. The van der Waals surface area contributed by atoms with Gasteiger partial charge in [-0.25, -0.2) is 0 Å². The molecule has 0 aromatic heterocycles. The first-order valence-corrected chi connectivity index (χ1v) is 8.21. The molecular formula is C14H24N2O2S2. The van der Waals surface area contributed by atoms with Crippen molar-refractivity contribution in [2.75, 3.05) is 11.8 Å². The number of hydrogen-bond donors (Lipinski definition) is 2. The molecule has 0 aromatic rings. The summed E-state index contributed by atoms with van der Waals surface area (Å²) in [6.45, 7) is 10.6. The van der Waals surface area contributed by atoms with Crippen LogP contribution in [-0.4, -0.2) is 34.0 Å². The van der Waals surface area contributed by atoms with Gasteiger partial charge < -0.3 is 9.68 Å². The van der Waals surface area contributed by atoms with E-state index < -0.39 is 0 Å². The fourth-order valence-electron chi connectivity index (χ4n) is 3.32. The van der Waals surface area contributed by atoms with Crippen LogP contribution in [-0.2, 0) is 9.68 Å². The van der Waals surface area contributed by atoms with Crippen molar-refractivity contribution in [2.24, 2.45) is 5.92 Å². The maximum atomic E-state index is 5.78. The molecule has 0 fully saturated rings. The Morgan fingerprint density at radius 2 is 1.30 bits per heavy atom. The van der Waals surface area contributed by atoms with E-state index in [1.165, 1.54) is 11.1 Å². The number of rotatable bonds is 4. The van der Waals surface area contributed by atoms with Crippen molar-refractivity contribution in [3.05, 3.63) is 22.7 Å². The van der Waals surface area contributed by atoms with Crippen LogP contribution < -0.4 is 0 Å². The van der Waals surface area contributed by atoms with Gasteiger partial charge in [-0.1, -0.05) is 6.92 Å². The van der Waals surface area contributed by atoms with Gasteiger partial charge in [0.2, 0.25) is 0 Å². The van der Waals surface area contributed by atoms with Crippen LogP contribution in [0.1, 0.15) is 34.6 Å². The second kappa shape index (κ2) is 6.22. The average Bonchev–Trinajstić information content (AvgIpc) is 2.85. The number of hydrogen-bond acceptors (Lipinski definition) is 6. The highest BCUT2D eigenvalue weighted by Gasteiger charge is 2.39. The fraction of sp³-hybridized carbons (Fsp3) is 0.714. The van der Waals surface area contributed by atoms with Gasteiger partial charge >= 0.3 is 0 Å². The van der Waals surface area contributed by atoms with Crippen LogP contribution >= 0.6 is 25.3 Å². The van der Waals surface area contributed by atoms with E-state index in [1.807, 2.05) is 24.0 Å². The molecule has 20 heavy (non-hydrogen) atoms. The first-order chi connectivity index (χ1) is 9.42. The van der Waals surface area contributed by atoms with Crippen LogP contribution in [0.25, 0.3) is 0 Å². The molecule has 0 spiro atoms. The van der Waals surface area contributed by atoms with Crippen molar-refractivity contribution in [3.8, 4) is 0 Å². The molecule has 0 amide bonds. The molecule has 2 aliphatic rings. The molecule has 0 saturated carbocycles. The molecule has 2 rings (SSSR count). The minimum absolute atomic E-state index is 0.236. The Hall–Kier alpha value is -0.300. The quantitative estimate of drug-likeness (QED) is 0.778. The molecule has 114 valence electrons. The molecule has 4 nitrogen and oxygen atoms in total. The topological polar surface area (TPSA) is 24.9 Å². The van der Waals surface area contributed by atoms with E-state index in [-0.39, 0.29) is 18.0 Å². The SMILES string of the molecule is CC1=C(C(C)C2=C(C)ON(CS)C2C)C(C)N(CS)O1. The monoisotopic (exact) mass is 316 g/mol. The van der Waals surface area contributed by atoms with Crippen LogP contribution in [0.5, 0.6) is 0 Å². The molecular weight excluding hydrogens is 292 g/mol. The summed E-state index contributed by atoms with van der Waals surface area (Å²) in [6, 6.07) is 0.472. The molecule has 2 heterocycles. The maximum absolute atomic E-state index is 5.78. The summed E-state index contributed by atoms with van der Waals surface area (Å²) >= 11 is 8.64. The van der Waals surface area contributed by atoms with Gasteiger partial charge in [0, 0.05) is 5.92 Å². The van der Waals surface area contributed by atoms with Crippen molar-refractivity contribution in [1.29, 1.82) is 0 Å². The van der Waals surface area contributed by atoms with Crippen LogP contribution in [0, 0.1) is 5.92 Å². The summed E-state index contributed by atoms with van der Waals surface area (Å²) in [4.78, 5) is 11.6. The second-order valence-corrected chi connectivity index (χ2v) is 5.96. The first kappa shape index (κ1) is 16.1. The lowest BCUT2D eigenvalue weighted by Crippen LogP contribution is -2.32. The molecule has 0 aromatic carbocycles. The highest BCUT2D eigenvalue weighted by Crippen LogP contribution is 2.40. The van der Waals surface area contributed by atoms with Crippen molar-refractivity contribution < 1.29 is 9.68 Å². The van der Waals surface area contributed by atoms with Gasteiger partial charge in [0.25, 0.3) is 0 Å². The summed E-state index contributed by atoms with van der Waals surface area (Å²) in [5.41, 5.74) is 2.62. The van der Waals surface area contributed by atoms with Gasteiger partial charge in [0.15, 0.2) is 0 Å². The summed E-state index contributed by atoms with van der Waals surface area (Å²) in [7, 11) is 0. The molecule has 0 bridgehead atoms. The maximum Gasteiger partial charge on any atom is 0.123 e. The lowest BCUT2D eigenvalue weighted by molar-refractivity contribution is -0.0960. The Bertz CT molecular complexity index is 410. The summed E-state index contributed by atoms with van der Waals surface area (Å²) in [6.07, 6.45) is 0. The van der Waals surface area contributed by atoms with Gasteiger partial charge in [-0.2, -0.15) is 25.3 Å². The van der Waals surface area contributed by atoms with Gasteiger partial charge in [0.1, 0.15) is 11.5 Å². The second-order valence-electron chi connectivity index (χ2n) is 5.40. The Kier molecular flexibility index (Phi) is 5.00. The van der Waals surface area contributed by atoms with Crippen LogP contribution in [0.2, 0.25) is 0 Å². The van der Waals surface area contributed by atoms with Crippen LogP contribution in [0.3, 0.4) is 0 Å². The van der Waals surface area contributed by atoms with Crippen LogP contribution in [0.4, 0.5) is 0 Å². The predicted molar refractivity (Wildman–Crippen MR) is 87.0 cm³/mol. The molecule has 2 unspecified atom stereocenters. The normalized spacial score (nSPS) is 29.9. The smallest absolute Gasteiger partial charge is 0.123 e. The number of allylic oxidation sites excluding steroid dienone is 2. The minimum Gasteiger partial charge on any atom is -0.409 e. The zero-order chi connectivity index (χ0) is 15.0. The number of thiol groups is 2. The van der Waals surface area contributed by atoms with E-state index in [0.717, 1.165) is 11.5 Å². The van der Waals surface area contributed by atoms with Gasteiger partial charge in [-0.05, 0) is 38.8 Å². The number of nitrogens with zero attached hydrogens (tertiary/aromatic N) is 2. The largest absolute Gasteiger partial charge is 0.409 e. The summed E-state index contributed by atoms with van der Waals surface area (Å²) in [5.74, 6) is 3.42. The third-order valence-corrected chi connectivity index (χ3v) is 4.85. The van der Waals surface area contributed by atoms with Crippen LogP contribution in [0.15, 0.2) is 22.7 Å². The lowest BCUT2D eigenvalue weighted by atomic mass is 9.84. The van der Waals surface area contributed by atoms with E-state index in [1.54, 1.807) is 0 Å². The Morgan fingerprint density at radius 1 is 0.950 bits per heavy atom.